The summed E-state index contributed by atoms with van der Waals surface area (Å²) in [5.41, 5.74) is 1.41. The number of thiocarbonyl (C=S) groups is 1. The highest BCUT2D eigenvalue weighted by molar-refractivity contribution is 7.80. The van der Waals surface area contributed by atoms with Crippen LogP contribution in [0.5, 0.6) is 0 Å². The second-order valence-electron chi connectivity index (χ2n) is 5.57. The van der Waals surface area contributed by atoms with Gasteiger partial charge in [0.1, 0.15) is 11.6 Å². The Kier molecular flexibility index (Phi) is 5.27. The highest BCUT2D eigenvalue weighted by Gasteiger charge is 2.34. The summed E-state index contributed by atoms with van der Waals surface area (Å²) in [6.45, 7) is 1.84. The standard InChI is InChI=1S/C19H16F2N2O2S/c1-2-25-18(24)15-16(11-6-4-3-5-7-11)22-19(26)23-17(15)13-9-8-12(20)10-14(13)21/h3-10,17H,2H2,1H3,(H2,22,23,26)/t17-/m1/s1. The van der Waals surface area contributed by atoms with Gasteiger partial charge in [0.25, 0.3) is 0 Å². The number of hydrogen-bond donors (Lipinski definition) is 2. The van der Waals surface area contributed by atoms with E-state index >= 15 is 0 Å². The highest BCUT2D eigenvalue weighted by Crippen LogP contribution is 2.33. The summed E-state index contributed by atoms with van der Waals surface area (Å²) in [6, 6.07) is 11.3. The molecule has 134 valence electrons. The maximum Gasteiger partial charge on any atom is 0.338 e. The van der Waals surface area contributed by atoms with Crippen LogP contribution in [-0.2, 0) is 9.53 Å². The number of esters is 1. The van der Waals surface area contributed by atoms with Gasteiger partial charge in [0.15, 0.2) is 5.11 Å². The van der Waals surface area contributed by atoms with Crippen LogP contribution in [0.3, 0.4) is 0 Å². The number of ether oxygens (including phenoxy) is 1. The summed E-state index contributed by atoms with van der Waals surface area (Å²) in [6.07, 6.45) is 0. The van der Waals surface area contributed by atoms with Gasteiger partial charge in [0.05, 0.1) is 23.9 Å². The van der Waals surface area contributed by atoms with Crippen LogP contribution in [0.25, 0.3) is 5.70 Å². The van der Waals surface area contributed by atoms with Crippen molar-refractivity contribution in [3.05, 3.63) is 76.9 Å². The average molecular weight is 374 g/mol. The normalized spacial score (nSPS) is 16.7. The molecule has 4 nitrogen and oxygen atoms in total. The van der Waals surface area contributed by atoms with Crippen LogP contribution in [0.2, 0.25) is 0 Å². The number of nitrogens with one attached hydrogen (secondary N) is 2. The molecule has 0 fully saturated rings. The van der Waals surface area contributed by atoms with E-state index in [1.54, 1.807) is 19.1 Å². The molecule has 0 saturated carbocycles. The first-order valence-corrected chi connectivity index (χ1v) is 8.41. The van der Waals surface area contributed by atoms with Crippen molar-refractivity contribution >= 4 is 29.0 Å². The van der Waals surface area contributed by atoms with E-state index in [1.165, 1.54) is 6.07 Å². The topological polar surface area (TPSA) is 50.4 Å². The van der Waals surface area contributed by atoms with E-state index in [0.29, 0.717) is 11.3 Å². The molecule has 2 aromatic rings. The van der Waals surface area contributed by atoms with Gasteiger partial charge in [-0.1, -0.05) is 36.4 Å². The number of carbonyl (C=O) groups excluding carboxylic acids is 1. The van der Waals surface area contributed by atoms with Gasteiger partial charge in [0.2, 0.25) is 0 Å². The van der Waals surface area contributed by atoms with E-state index < -0.39 is 23.6 Å². The average Bonchev–Trinajstić information content (AvgIpc) is 2.62. The van der Waals surface area contributed by atoms with Gasteiger partial charge in [-0.15, -0.1) is 0 Å². The summed E-state index contributed by atoms with van der Waals surface area (Å²) in [7, 11) is 0. The fourth-order valence-electron chi connectivity index (χ4n) is 2.79. The van der Waals surface area contributed by atoms with Crippen LogP contribution < -0.4 is 10.6 Å². The van der Waals surface area contributed by atoms with Crippen LogP contribution in [0.4, 0.5) is 8.78 Å². The molecule has 0 radical (unpaired) electrons. The summed E-state index contributed by atoms with van der Waals surface area (Å²) in [5.74, 6) is -2.09. The fourth-order valence-corrected chi connectivity index (χ4v) is 3.01. The van der Waals surface area contributed by atoms with Gasteiger partial charge in [-0.25, -0.2) is 13.6 Å². The van der Waals surface area contributed by atoms with E-state index in [0.717, 1.165) is 12.1 Å². The summed E-state index contributed by atoms with van der Waals surface area (Å²) >= 11 is 5.23. The largest absolute Gasteiger partial charge is 0.463 e. The number of hydrogen-bond acceptors (Lipinski definition) is 3. The molecule has 0 aromatic heterocycles. The quantitative estimate of drug-likeness (QED) is 0.634. The van der Waals surface area contributed by atoms with Gasteiger partial charge in [0, 0.05) is 11.6 Å². The number of carbonyl (C=O) groups is 1. The molecule has 1 aliphatic heterocycles. The van der Waals surface area contributed by atoms with Crippen LogP contribution >= 0.6 is 12.2 Å². The molecule has 7 heteroatoms. The molecule has 0 amide bonds. The van der Waals surface area contributed by atoms with Crippen LogP contribution in [0.1, 0.15) is 24.1 Å². The first-order chi connectivity index (χ1) is 12.5. The Bertz CT molecular complexity index is 884. The van der Waals surface area contributed by atoms with Crippen LogP contribution in [0, 0.1) is 11.6 Å². The zero-order valence-corrected chi connectivity index (χ0v) is 14.7. The van der Waals surface area contributed by atoms with Crippen molar-refractivity contribution in [3.8, 4) is 0 Å². The molecule has 0 unspecified atom stereocenters. The van der Waals surface area contributed by atoms with E-state index in [1.807, 2.05) is 18.2 Å². The molecule has 0 saturated heterocycles. The van der Waals surface area contributed by atoms with Crippen molar-refractivity contribution in [2.45, 2.75) is 13.0 Å². The predicted molar refractivity (Wildman–Crippen MR) is 98.0 cm³/mol. The van der Waals surface area contributed by atoms with E-state index in [-0.39, 0.29) is 22.9 Å². The van der Waals surface area contributed by atoms with Gasteiger partial charge < -0.3 is 15.4 Å². The van der Waals surface area contributed by atoms with Gasteiger partial charge >= 0.3 is 5.97 Å². The molecule has 0 bridgehead atoms. The van der Waals surface area contributed by atoms with Crippen molar-refractivity contribution in [3.63, 3.8) is 0 Å². The lowest BCUT2D eigenvalue weighted by Crippen LogP contribution is -2.45. The summed E-state index contributed by atoms with van der Waals surface area (Å²) in [5, 5.41) is 6.06. The number of benzene rings is 2. The molecule has 1 heterocycles. The SMILES string of the molecule is CCOC(=O)C1=C(c2ccccc2)NC(=S)N[C@@H]1c1ccc(F)cc1F. The molecule has 0 spiro atoms. The Morgan fingerprint density at radius 1 is 1.19 bits per heavy atom. The zero-order valence-electron chi connectivity index (χ0n) is 13.9. The Hall–Kier alpha value is -2.80. The number of rotatable bonds is 4. The molecule has 1 atom stereocenters. The van der Waals surface area contributed by atoms with Crippen molar-refractivity contribution < 1.29 is 18.3 Å². The van der Waals surface area contributed by atoms with Crippen molar-refractivity contribution in [2.75, 3.05) is 6.61 Å². The van der Waals surface area contributed by atoms with Gasteiger partial charge in [-0.2, -0.15) is 0 Å². The maximum atomic E-state index is 14.4. The number of halogens is 2. The van der Waals surface area contributed by atoms with Crippen LogP contribution in [0.15, 0.2) is 54.1 Å². The Morgan fingerprint density at radius 3 is 2.58 bits per heavy atom. The van der Waals surface area contributed by atoms with Crippen molar-refractivity contribution in [1.29, 1.82) is 0 Å². The van der Waals surface area contributed by atoms with Crippen LogP contribution in [-0.4, -0.2) is 17.7 Å². The molecular formula is C19H16F2N2O2S. The molecule has 2 N–H and O–H groups in total. The Labute approximate surface area is 154 Å². The molecular weight excluding hydrogens is 358 g/mol. The summed E-state index contributed by atoms with van der Waals surface area (Å²) < 4.78 is 32.9. The highest BCUT2D eigenvalue weighted by atomic mass is 32.1. The molecule has 1 aliphatic rings. The minimum Gasteiger partial charge on any atom is -0.463 e. The van der Waals surface area contributed by atoms with E-state index in [4.69, 9.17) is 17.0 Å². The molecule has 26 heavy (non-hydrogen) atoms. The monoisotopic (exact) mass is 374 g/mol. The molecule has 0 aliphatic carbocycles. The lowest BCUT2D eigenvalue weighted by Gasteiger charge is -2.31. The van der Waals surface area contributed by atoms with Gasteiger partial charge in [-0.3, -0.25) is 0 Å². The predicted octanol–water partition coefficient (Wildman–Crippen LogP) is 3.46. The van der Waals surface area contributed by atoms with E-state index in [2.05, 4.69) is 10.6 Å². The smallest absolute Gasteiger partial charge is 0.338 e. The fraction of sp³-hybridized carbons (Fsp3) is 0.158. The summed E-state index contributed by atoms with van der Waals surface area (Å²) in [4.78, 5) is 12.7. The zero-order chi connectivity index (χ0) is 18.7. The lowest BCUT2D eigenvalue weighted by molar-refractivity contribution is -0.138. The third kappa shape index (κ3) is 3.57. The Morgan fingerprint density at radius 2 is 1.92 bits per heavy atom. The van der Waals surface area contributed by atoms with E-state index in [9.17, 15) is 13.6 Å². The molecule has 3 rings (SSSR count). The lowest BCUT2D eigenvalue weighted by atomic mass is 9.92. The third-order valence-corrected chi connectivity index (χ3v) is 4.12. The second kappa shape index (κ2) is 7.61. The first-order valence-electron chi connectivity index (χ1n) is 8.00. The molecule has 2 aromatic carbocycles. The minimum absolute atomic E-state index is 0.103. The van der Waals surface area contributed by atoms with Crippen molar-refractivity contribution in [1.82, 2.24) is 10.6 Å². The second-order valence-corrected chi connectivity index (χ2v) is 5.98. The van der Waals surface area contributed by atoms with Crippen molar-refractivity contribution in [2.24, 2.45) is 0 Å². The first kappa shape index (κ1) is 18.0. The maximum absolute atomic E-state index is 14.4. The van der Waals surface area contributed by atoms with Gasteiger partial charge in [-0.05, 0) is 30.8 Å². The third-order valence-electron chi connectivity index (χ3n) is 3.90. The Balaban J connectivity index is 2.20. The minimum atomic E-state index is -0.904.